The molecule has 25 heavy (non-hydrogen) atoms. The fraction of sp³-hybridized carbons (Fsp3) is 0.118. The minimum Gasteiger partial charge on any atom is -0.507 e. The number of carbonyl (C=O) groups is 1. The number of carbonyl (C=O) groups excluding carboxylic acids is 1. The number of nitrogens with one attached hydrogen (secondary N) is 1. The molecule has 128 valence electrons. The third kappa shape index (κ3) is 4.40. The predicted octanol–water partition coefficient (Wildman–Crippen LogP) is 4.32. The highest BCUT2D eigenvalue weighted by atomic mass is 79.9. The van der Waals surface area contributed by atoms with Gasteiger partial charge >= 0.3 is 0 Å². The normalized spacial score (nSPS) is 11.9. The highest BCUT2D eigenvalue weighted by Gasteiger charge is 2.19. The first-order valence-corrected chi connectivity index (χ1v) is 9.05. The number of amides is 1. The summed E-state index contributed by atoms with van der Waals surface area (Å²) in [7, 11) is 0. The Morgan fingerprint density at radius 2 is 1.92 bits per heavy atom. The van der Waals surface area contributed by atoms with E-state index in [-0.39, 0.29) is 22.8 Å². The number of rotatable bonds is 5. The Morgan fingerprint density at radius 3 is 2.64 bits per heavy atom. The molecule has 0 bridgehead atoms. The number of phenols is 1. The highest BCUT2D eigenvalue weighted by Crippen LogP contribution is 2.31. The molecule has 1 amide bonds. The molecule has 0 aliphatic rings. The van der Waals surface area contributed by atoms with E-state index in [2.05, 4.69) is 31.4 Å². The summed E-state index contributed by atoms with van der Waals surface area (Å²) in [6.45, 7) is 1.75. The third-order valence-corrected chi connectivity index (χ3v) is 4.76. The smallest absolute Gasteiger partial charge is 0.277 e. The molecular formula is C17H14BrN3O3S. The van der Waals surface area contributed by atoms with Crippen LogP contribution in [-0.2, 0) is 4.79 Å². The number of halogens is 1. The second-order valence-electron chi connectivity index (χ2n) is 5.15. The molecule has 0 unspecified atom stereocenters. The Morgan fingerprint density at radius 1 is 1.20 bits per heavy atom. The zero-order valence-corrected chi connectivity index (χ0v) is 15.5. The minimum absolute atomic E-state index is 0.0590. The Labute approximate surface area is 156 Å². The summed E-state index contributed by atoms with van der Waals surface area (Å²) < 4.78 is 6.47. The first-order valence-electron chi connectivity index (χ1n) is 7.38. The molecule has 0 saturated carbocycles. The van der Waals surface area contributed by atoms with Gasteiger partial charge in [0.15, 0.2) is 0 Å². The lowest BCUT2D eigenvalue weighted by molar-refractivity contribution is -0.115. The molecule has 2 aromatic carbocycles. The maximum absolute atomic E-state index is 12.3. The molecule has 1 aromatic heterocycles. The van der Waals surface area contributed by atoms with Crippen LogP contribution >= 0.6 is 27.7 Å². The van der Waals surface area contributed by atoms with Gasteiger partial charge in [-0.25, -0.2) is 0 Å². The average molecular weight is 420 g/mol. The van der Waals surface area contributed by atoms with Gasteiger partial charge in [0.2, 0.25) is 5.91 Å². The van der Waals surface area contributed by atoms with Gasteiger partial charge in [-0.3, -0.25) is 4.79 Å². The monoisotopic (exact) mass is 419 g/mol. The van der Waals surface area contributed by atoms with E-state index in [0.717, 1.165) is 16.2 Å². The summed E-state index contributed by atoms with van der Waals surface area (Å²) in [6.07, 6.45) is 0. The highest BCUT2D eigenvalue weighted by molar-refractivity contribution is 9.10. The van der Waals surface area contributed by atoms with Crippen molar-refractivity contribution in [1.82, 2.24) is 10.2 Å². The van der Waals surface area contributed by atoms with Gasteiger partial charge in [0, 0.05) is 10.2 Å². The molecule has 3 aromatic rings. The van der Waals surface area contributed by atoms with Crippen LogP contribution in [0.15, 0.2) is 62.6 Å². The molecule has 6 nitrogen and oxygen atoms in total. The standard InChI is InChI=1S/C17H14BrN3O3S/c1-10(15(23)19-12-8-6-11(18)7-9-12)25-17-21-20-16(24-17)13-4-2-3-5-14(13)22/h2-10,22H,1H3,(H,19,23)/t10-/m1/s1. The van der Waals surface area contributed by atoms with Gasteiger partial charge < -0.3 is 14.8 Å². The summed E-state index contributed by atoms with van der Waals surface area (Å²) >= 11 is 4.50. The first kappa shape index (κ1) is 17.5. The Kier molecular flexibility index (Phi) is 5.40. The largest absolute Gasteiger partial charge is 0.507 e. The number of hydrogen-bond acceptors (Lipinski definition) is 6. The lowest BCUT2D eigenvalue weighted by Gasteiger charge is -2.09. The van der Waals surface area contributed by atoms with Gasteiger partial charge in [0.25, 0.3) is 11.1 Å². The van der Waals surface area contributed by atoms with Crippen molar-refractivity contribution in [2.75, 3.05) is 5.32 Å². The van der Waals surface area contributed by atoms with Crippen molar-refractivity contribution < 1.29 is 14.3 Å². The molecule has 0 fully saturated rings. The number of thioether (sulfide) groups is 1. The zero-order chi connectivity index (χ0) is 17.8. The van der Waals surface area contributed by atoms with Crippen molar-refractivity contribution in [3.63, 3.8) is 0 Å². The van der Waals surface area contributed by atoms with Gasteiger partial charge in [-0.2, -0.15) is 0 Å². The molecule has 0 aliphatic heterocycles. The Hall–Kier alpha value is -2.32. The Bertz CT molecular complexity index is 883. The van der Waals surface area contributed by atoms with Crippen LogP contribution in [0.2, 0.25) is 0 Å². The van der Waals surface area contributed by atoms with Crippen LogP contribution in [0.1, 0.15) is 6.92 Å². The van der Waals surface area contributed by atoms with Crippen LogP contribution < -0.4 is 5.32 Å². The van der Waals surface area contributed by atoms with Crippen molar-refractivity contribution in [2.24, 2.45) is 0 Å². The third-order valence-electron chi connectivity index (χ3n) is 3.30. The summed E-state index contributed by atoms with van der Waals surface area (Å²) in [4.78, 5) is 12.3. The molecule has 3 rings (SSSR count). The van der Waals surface area contributed by atoms with E-state index < -0.39 is 5.25 Å². The SMILES string of the molecule is C[C@@H](Sc1nnc(-c2ccccc2O)o1)C(=O)Nc1ccc(Br)cc1. The van der Waals surface area contributed by atoms with Crippen molar-refractivity contribution in [3.05, 3.63) is 53.0 Å². The van der Waals surface area contributed by atoms with Gasteiger partial charge in [0.05, 0.1) is 10.8 Å². The molecule has 0 aliphatic carbocycles. The summed E-state index contributed by atoms with van der Waals surface area (Å²) in [5.74, 6) is 0.0967. The number of anilines is 1. The number of aromatic nitrogens is 2. The molecule has 8 heteroatoms. The number of phenolic OH excluding ortho intramolecular Hbond substituents is 1. The van der Waals surface area contributed by atoms with Crippen molar-refractivity contribution >= 4 is 39.3 Å². The van der Waals surface area contributed by atoms with Crippen LogP contribution in [0.4, 0.5) is 5.69 Å². The van der Waals surface area contributed by atoms with Crippen LogP contribution in [0.5, 0.6) is 5.75 Å². The molecule has 1 heterocycles. The van der Waals surface area contributed by atoms with Crippen LogP contribution in [0.25, 0.3) is 11.5 Å². The second kappa shape index (κ2) is 7.71. The van der Waals surface area contributed by atoms with Crippen molar-refractivity contribution in [1.29, 1.82) is 0 Å². The maximum atomic E-state index is 12.3. The molecule has 1 atom stereocenters. The van der Waals surface area contributed by atoms with E-state index in [1.165, 1.54) is 0 Å². The van der Waals surface area contributed by atoms with E-state index in [1.807, 2.05) is 24.3 Å². The molecule has 0 spiro atoms. The fourth-order valence-corrected chi connectivity index (χ4v) is 2.95. The fourth-order valence-electron chi connectivity index (χ4n) is 2.00. The van der Waals surface area contributed by atoms with Gasteiger partial charge in [-0.05, 0) is 43.3 Å². The van der Waals surface area contributed by atoms with Crippen LogP contribution in [0.3, 0.4) is 0 Å². The number of hydrogen-bond donors (Lipinski definition) is 2. The average Bonchev–Trinajstić information content (AvgIpc) is 3.05. The summed E-state index contributed by atoms with van der Waals surface area (Å²) in [5, 5.41) is 20.3. The topological polar surface area (TPSA) is 88.2 Å². The van der Waals surface area contributed by atoms with Crippen molar-refractivity contribution in [2.45, 2.75) is 17.4 Å². The lowest BCUT2D eigenvalue weighted by atomic mass is 10.2. The summed E-state index contributed by atoms with van der Waals surface area (Å²) in [6, 6.07) is 14.0. The number of nitrogens with zero attached hydrogens (tertiary/aromatic N) is 2. The lowest BCUT2D eigenvalue weighted by Crippen LogP contribution is -2.22. The van der Waals surface area contributed by atoms with Gasteiger partial charge in [-0.1, -0.05) is 39.8 Å². The quantitative estimate of drug-likeness (QED) is 0.598. The number of benzene rings is 2. The molecular weight excluding hydrogens is 406 g/mol. The van der Waals surface area contributed by atoms with E-state index in [0.29, 0.717) is 11.3 Å². The second-order valence-corrected chi connectivity index (χ2v) is 7.35. The Balaban J connectivity index is 1.65. The number of aromatic hydroxyl groups is 1. The van der Waals surface area contributed by atoms with E-state index in [9.17, 15) is 9.90 Å². The molecule has 2 N–H and O–H groups in total. The number of para-hydroxylation sites is 1. The summed E-state index contributed by atoms with van der Waals surface area (Å²) in [5.41, 5.74) is 1.16. The van der Waals surface area contributed by atoms with E-state index >= 15 is 0 Å². The van der Waals surface area contributed by atoms with Crippen LogP contribution in [0, 0.1) is 0 Å². The van der Waals surface area contributed by atoms with Gasteiger partial charge in [0.1, 0.15) is 5.75 Å². The van der Waals surface area contributed by atoms with Gasteiger partial charge in [-0.15, -0.1) is 10.2 Å². The zero-order valence-electron chi connectivity index (χ0n) is 13.1. The first-order chi connectivity index (χ1) is 12.0. The predicted molar refractivity (Wildman–Crippen MR) is 99.5 cm³/mol. The van der Waals surface area contributed by atoms with Crippen molar-refractivity contribution in [3.8, 4) is 17.2 Å². The van der Waals surface area contributed by atoms with E-state index in [4.69, 9.17) is 4.42 Å². The van der Waals surface area contributed by atoms with Crippen LogP contribution in [-0.4, -0.2) is 26.5 Å². The molecule has 0 saturated heterocycles. The minimum atomic E-state index is -0.429. The maximum Gasteiger partial charge on any atom is 0.277 e. The van der Waals surface area contributed by atoms with E-state index in [1.54, 1.807) is 31.2 Å². The molecule has 0 radical (unpaired) electrons.